The van der Waals surface area contributed by atoms with E-state index in [0.29, 0.717) is 25.7 Å². The number of aliphatic hydroxyl groups is 3. The Morgan fingerprint density at radius 2 is 1.82 bits per heavy atom. The molecule has 1 rings (SSSR count). The van der Waals surface area contributed by atoms with E-state index in [4.69, 9.17) is 9.84 Å². The third-order valence-corrected chi connectivity index (χ3v) is 4.42. The normalized spacial score (nSPS) is 25.5. The van der Waals surface area contributed by atoms with Crippen LogP contribution in [-0.2, 0) is 9.53 Å². The lowest BCUT2D eigenvalue weighted by atomic mass is 10.0. The molecule has 6 heteroatoms. The molecule has 0 aliphatic carbocycles. The van der Waals surface area contributed by atoms with Crippen molar-refractivity contribution in [2.24, 2.45) is 0 Å². The molecule has 0 saturated carbocycles. The Labute approximate surface area is 167 Å². The van der Waals surface area contributed by atoms with Gasteiger partial charge in [0.15, 0.2) is 0 Å². The molecule has 1 fully saturated rings. The van der Waals surface area contributed by atoms with Crippen LogP contribution >= 0.6 is 0 Å². The number of aliphatic hydroxyl groups excluding tert-OH is 3. The fourth-order valence-electron chi connectivity index (χ4n) is 2.84. The van der Waals surface area contributed by atoms with Gasteiger partial charge in [0.1, 0.15) is 6.10 Å². The lowest BCUT2D eigenvalue weighted by Gasteiger charge is -2.16. The number of carboxylic acid groups (broad SMARTS) is 1. The summed E-state index contributed by atoms with van der Waals surface area (Å²) in [5, 5.41) is 38.8. The van der Waals surface area contributed by atoms with Crippen molar-refractivity contribution in [3.05, 3.63) is 48.6 Å². The quantitative estimate of drug-likeness (QED) is 0.358. The van der Waals surface area contributed by atoms with Crippen LogP contribution in [0.1, 0.15) is 51.9 Å². The molecule has 6 nitrogen and oxygen atoms in total. The van der Waals surface area contributed by atoms with Crippen LogP contribution in [0.5, 0.6) is 0 Å². The zero-order valence-corrected chi connectivity index (χ0v) is 16.6. The van der Waals surface area contributed by atoms with Gasteiger partial charge in [0.25, 0.3) is 0 Å². The summed E-state index contributed by atoms with van der Waals surface area (Å²) in [5.41, 5.74) is 0. The molecular formula is C22H34O6. The summed E-state index contributed by atoms with van der Waals surface area (Å²) in [6.07, 6.45) is 15.1. The molecule has 4 N–H and O–H groups in total. The van der Waals surface area contributed by atoms with Gasteiger partial charge in [0.2, 0.25) is 0 Å². The topological polar surface area (TPSA) is 107 Å². The molecule has 158 valence electrons. The van der Waals surface area contributed by atoms with E-state index < -0.39 is 36.5 Å². The summed E-state index contributed by atoms with van der Waals surface area (Å²) in [6, 6.07) is 0. The molecule has 0 spiro atoms. The van der Waals surface area contributed by atoms with Crippen molar-refractivity contribution in [3.63, 3.8) is 0 Å². The first-order chi connectivity index (χ1) is 13.4. The Balaban J connectivity index is 2.34. The average molecular weight is 395 g/mol. The van der Waals surface area contributed by atoms with Crippen molar-refractivity contribution in [2.45, 2.75) is 82.4 Å². The summed E-state index contributed by atoms with van der Waals surface area (Å²) in [4.78, 5) is 10.4. The Morgan fingerprint density at radius 1 is 1.11 bits per heavy atom. The molecule has 0 amide bonds. The van der Waals surface area contributed by atoms with E-state index in [9.17, 15) is 20.1 Å². The van der Waals surface area contributed by atoms with Gasteiger partial charge in [0.05, 0.1) is 24.4 Å². The van der Waals surface area contributed by atoms with Gasteiger partial charge in [-0.2, -0.15) is 0 Å². The van der Waals surface area contributed by atoms with Crippen LogP contribution < -0.4 is 0 Å². The number of aliphatic carboxylic acids is 1. The molecule has 1 aliphatic rings. The Kier molecular flexibility index (Phi) is 12.4. The number of allylic oxidation sites excluding steroid dienone is 4. The largest absolute Gasteiger partial charge is 0.481 e. The lowest BCUT2D eigenvalue weighted by Crippen LogP contribution is -2.25. The Bertz CT molecular complexity index is 551. The number of carboxylic acids is 1. The van der Waals surface area contributed by atoms with Crippen LogP contribution in [-0.4, -0.2) is 56.9 Å². The minimum absolute atomic E-state index is 0.0683. The number of ether oxygens (including phenoxy) is 1. The van der Waals surface area contributed by atoms with E-state index in [-0.39, 0.29) is 6.42 Å². The highest BCUT2D eigenvalue weighted by atomic mass is 16.5. The van der Waals surface area contributed by atoms with E-state index in [1.807, 2.05) is 12.2 Å². The van der Waals surface area contributed by atoms with Crippen LogP contribution in [0, 0.1) is 0 Å². The highest BCUT2D eigenvalue weighted by Gasteiger charge is 2.35. The Morgan fingerprint density at radius 3 is 2.54 bits per heavy atom. The fourth-order valence-corrected chi connectivity index (χ4v) is 2.84. The number of carbonyl (C=O) groups is 1. The molecule has 1 heterocycles. The monoisotopic (exact) mass is 394 g/mol. The van der Waals surface area contributed by atoms with Gasteiger partial charge >= 0.3 is 5.97 Å². The molecule has 0 aromatic rings. The minimum Gasteiger partial charge on any atom is -0.481 e. The molecule has 1 aliphatic heterocycles. The van der Waals surface area contributed by atoms with Gasteiger partial charge in [-0.05, 0) is 32.1 Å². The molecular weight excluding hydrogens is 360 g/mol. The van der Waals surface area contributed by atoms with Crippen LogP contribution in [0.4, 0.5) is 0 Å². The van der Waals surface area contributed by atoms with Crippen molar-refractivity contribution in [3.8, 4) is 0 Å². The van der Waals surface area contributed by atoms with Crippen molar-refractivity contribution in [1.29, 1.82) is 0 Å². The van der Waals surface area contributed by atoms with Crippen molar-refractivity contribution in [1.82, 2.24) is 0 Å². The zero-order chi connectivity index (χ0) is 20.8. The summed E-state index contributed by atoms with van der Waals surface area (Å²) in [5.74, 6) is -0.849. The first-order valence-electron chi connectivity index (χ1n) is 9.98. The molecule has 0 aromatic heterocycles. The van der Waals surface area contributed by atoms with Gasteiger partial charge in [-0.1, -0.05) is 55.5 Å². The molecule has 0 bridgehead atoms. The molecule has 0 aromatic carbocycles. The second kappa shape index (κ2) is 14.3. The van der Waals surface area contributed by atoms with E-state index >= 15 is 0 Å². The van der Waals surface area contributed by atoms with Crippen molar-refractivity contribution >= 4 is 5.97 Å². The molecule has 0 radical (unpaired) electrons. The first-order valence-corrected chi connectivity index (χ1v) is 9.98. The highest BCUT2D eigenvalue weighted by molar-refractivity contribution is 5.66. The third-order valence-electron chi connectivity index (χ3n) is 4.42. The van der Waals surface area contributed by atoms with Crippen molar-refractivity contribution < 1.29 is 30.0 Å². The number of hydrogen-bond acceptors (Lipinski definition) is 5. The van der Waals surface area contributed by atoms with Gasteiger partial charge < -0.3 is 25.2 Å². The van der Waals surface area contributed by atoms with Gasteiger partial charge in [0, 0.05) is 12.8 Å². The summed E-state index contributed by atoms with van der Waals surface area (Å²) in [6.45, 7) is 2.08. The maximum atomic E-state index is 10.4. The van der Waals surface area contributed by atoms with Crippen LogP contribution in [0.15, 0.2) is 48.6 Å². The van der Waals surface area contributed by atoms with E-state index in [0.717, 1.165) is 12.8 Å². The number of hydrogen-bond donors (Lipinski definition) is 4. The van der Waals surface area contributed by atoms with E-state index in [1.54, 1.807) is 24.3 Å². The first kappa shape index (κ1) is 24.3. The summed E-state index contributed by atoms with van der Waals surface area (Å²) in [7, 11) is 0. The molecule has 1 saturated heterocycles. The molecule has 28 heavy (non-hydrogen) atoms. The van der Waals surface area contributed by atoms with Crippen molar-refractivity contribution in [2.75, 3.05) is 0 Å². The SMILES string of the molecule is CC/C=C\C/C=C\C[C@@H](O)[C@@H]1C[C@@H](O)[C@@H](/C=C/[C@@H](O)C/C=C\CCC(=O)O)O1. The zero-order valence-electron chi connectivity index (χ0n) is 16.6. The second-order valence-electron chi connectivity index (χ2n) is 6.92. The summed E-state index contributed by atoms with van der Waals surface area (Å²) < 4.78 is 5.72. The Hall–Kier alpha value is -1.73. The molecule has 5 atom stereocenters. The van der Waals surface area contributed by atoms with Gasteiger partial charge in [-0.25, -0.2) is 0 Å². The molecule has 0 unspecified atom stereocenters. The van der Waals surface area contributed by atoms with E-state index in [1.165, 1.54) is 0 Å². The fraction of sp³-hybridized carbons (Fsp3) is 0.591. The third kappa shape index (κ3) is 10.6. The maximum Gasteiger partial charge on any atom is 0.303 e. The minimum atomic E-state index is -0.849. The lowest BCUT2D eigenvalue weighted by molar-refractivity contribution is -0.136. The van der Waals surface area contributed by atoms with Crippen LogP contribution in [0.2, 0.25) is 0 Å². The van der Waals surface area contributed by atoms with Crippen LogP contribution in [0.3, 0.4) is 0 Å². The van der Waals surface area contributed by atoms with Gasteiger partial charge in [-0.3, -0.25) is 4.79 Å². The average Bonchev–Trinajstić information content (AvgIpc) is 3.03. The summed E-state index contributed by atoms with van der Waals surface area (Å²) >= 11 is 0. The van der Waals surface area contributed by atoms with Gasteiger partial charge in [-0.15, -0.1) is 0 Å². The highest BCUT2D eigenvalue weighted by Crippen LogP contribution is 2.25. The van der Waals surface area contributed by atoms with E-state index in [2.05, 4.69) is 19.1 Å². The standard InChI is InChI=1S/C22H34O6/c1-2-3-4-5-6-9-12-18(24)21-16-19(25)20(28-21)15-14-17(23)11-8-7-10-13-22(26)27/h3-4,6-9,14-15,17-21,23-25H,2,5,10-13,16H2,1H3,(H,26,27)/b4-3-,8-7-,9-6-,15-14+/t17-,18+,19+,20+,21-/m0/s1. The predicted octanol–water partition coefficient (Wildman–Crippen LogP) is 2.90. The smallest absolute Gasteiger partial charge is 0.303 e. The number of rotatable bonds is 13. The second-order valence-corrected chi connectivity index (χ2v) is 6.92. The maximum absolute atomic E-state index is 10.4. The van der Waals surface area contributed by atoms with Crippen LogP contribution in [0.25, 0.3) is 0 Å². The predicted molar refractivity (Wildman–Crippen MR) is 109 cm³/mol.